The van der Waals surface area contributed by atoms with Crippen molar-refractivity contribution >= 4 is 28.9 Å². The number of esters is 2. The Morgan fingerprint density at radius 2 is 0.750 bits per heavy atom. The van der Waals surface area contributed by atoms with Crippen LogP contribution in [0.5, 0.6) is 0 Å². The molecule has 0 aliphatic rings. The van der Waals surface area contributed by atoms with E-state index in [9.17, 15) is 14.4 Å². The van der Waals surface area contributed by atoms with Crippen LogP contribution in [0, 0.1) is 0 Å². The van der Waals surface area contributed by atoms with Crippen molar-refractivity contribution in [3.8, 4) is 0 Å². The highest BCUT2D eigenvalue weighted by atomic mass is 35.5. The molecule has 0 aliphatic heterocycles. The summed E-state index contributed by atoms with van der Waals surface area (Å²) in [5.41, 5.74) is 0. The Hall–Kier alpha value is -1.82. The molecule has 6 nitrogen and oxygen atoms in total. The normalized spacial score (nSPS) is 11.5. The van der Waals surface area contributed by atoms with Gasteiger partial charge in [0.05, 0.1) is 13.1 Å². The first kappa shape index (κ1) is 46.2. The van der Waals surface area contributed by atoms with E-state index < -0.39 is 5.37 Å². The average Bonchev–Trinajstić information content (AvgIpc) is 3.07. The van der Waals surface area contributed by atoms with Crippen molar-refractivity contribution in [3.63, 3.8) is 0 Å². The molecule has 0 bridgehead atoms. The Labute approximate surface area is 301 Å². The van der Waals surface area contributed by atoms with Gasteiger partial charge in [-0.2, -0.15) is 0 Å². The van der Waals surface area contributed by atoms with E-state index in [1.165, 1.54) is 120 Å². The highest BCUT2D eigenvalue weighted by Crippen LogP contribution is 2.12. The van der Waals surface area contributed by atoms with Crippen LogP contribution >= 0.6 is 11.6 Å². The van der Waals surface area contributed by atoms with Crippen LogP contribution < -0.4 is 0 Å². The second kappa shape index (κ2) is 38.0. The van der Waals surface area contributed by atoms with Gasteiger partial charge in [-0.05, 0) is 75.8 Å². The lowest BCUT2D eigenvalue weighted by Crippen LogP contribution is -2.34. The number of carbonyl (C=O) groups excluding carboxylic acids is 3. The van der Waals surface area contributed by atoms with Gasteiger partial charge in [-0.3, -0.25) is 14.4 Å². The van der Waals surface area contributed by atoms with Gasteiger partial charge in [-0.15, -0.1) is 0 Å². The first-order chi connectivity index (χ1) is 23.5. The lowest BCUT2D eigenvalue weighted by Gasteiger charge is -2.19. The Bertz CT molecular complexity index is 742. The van der Waals surface area contributed by atoms with Crippen LogP contribution in [0.4, 0.5) is 4.79 Å². The molecule has 0 aromatic heterocycles. The monoisotopic (exact) mass is 696 g/mol. The molecule has 7 heteroatoms. The third kappa shape index (κ3) is 35.5. The van der Waals surface area contributed by atoms with Gasteiger partial charge in [0.15, 0.2) is 0 Å². The molecule has 48 heavy (non-hydrogen) atoms. The molecule has 0 saturated carbocycles. The molecular formula is C41H74ClNO5. The number of carbonyl (C=O) groups is 3. The molecule has 0 fully saturated rings. The maximum Gasteiger partial charge on any atom is 0.316 e. The van der Waals surface area contributed by atoms with Gasteiger partial charge in [0.25, 0.3) is 0 Å². The van der Waals surface area contributed by atoms with Gasteiger partial charge < -0.3 is 14.4 Å². The third-order valence-corrected chi connectivity index (χ3v) is 9.02. The van der Waals surface area contributed by atoms with Gasteiger partial charge >= 0.3 is 17.3 Å². The topological polar surface area (TPSA) is 72.9 Å². The molecule has 0 aliphatic carbocycles. The minimum Gasteiger partial charge on any atom is -0.464 e. The fourth-order valence-electron chi connectivity index (χ4n) is 5.65. The van der Waals surface area contributed by atoms with Crippen molar-refractivity contribution in [3.05, 3.63) is 24.3 Å². The van der Waals surface area contributed by atoms with E-state index in [2.05, 4.69) is 38.2 Å². The van der Waals surface area contributed by atoms with E-state index in [-0.39, 0.29) is 38.2 Å². The van der Waals surface area contributed by atoms with Gasteiger partial charge in [0, 0.05) is 12.8 Å². The molecule has 1 amide bonds. The van der Waals surface area contributed by atoms with Crippen molar-refractivity contribution in [2.75, 3.05) is 26.3 Å². The fraction of sp³-hybridized carbons (Fsp3) is 0.829. The summed E-state index contributed by atoms with van der Waals surface area (Å²) in [4.78, 5) is 37.2. The van der Waals surface area contributed by atoms with Gasteiger partial charge in [-0.1, -0.05) is 141 Å². The fourth-order valence-corrected chi connectivity index (χ4v) is 5.82. The Kier molecular flexibility index (Phi) is 36.5. The van der Waals surface area contributed by atoms with E-state index >= 15 is 0 Å². The number of rotatable bonds is 36. The zero-order valence-electron chi connectivity index (χ0n) is 31.3. The summed E-state index contributed by atoms with van der Waals surface area (Å²) in [7, 11) is 0. The molecule has 280 valence electrons. The molecular weight excluding hydrogens is 622 g/mol. The number of hydrogen-bond donors (Lipinski definition) is 0. The summed E-state index contributed by atoms with van der Waals surface area (Å²) in [5.74, 6) is -0.498. The first-order valence-corrected chi connectivity index (χ1v) is 20.4. The van der Waals surface area contributed by atoms with Crippen molar-refractivity contribution < 1.29 is 23.9 Å². The quantitative estimate of drug-likeness (QED) is 0.0214. The number of nitrogens with zero attached hydrogens (tertiary/aromatic N) is 1. The van der Waals surface area contributed by atoms with E-state index in [1.807, 2.05) is 0 Å². The van der Waals surface area contributed by atoms with Crippen LogP contribution in [0.15, 0.2) is 24.3 Å². The predicted molar refractivity (Wildman–Crippen MR) is 204 cm³/mol. The number of allylic oxidation sites excluding steroid dienone is 4. The molecule has 0 radical (unpaired) electrons. The third-order valence-electron chi connectivity index (χ3n) is 8.78. The summed E-state index contributed by atoms with van der Waals surface area (Å²) in [6, 6.07) is 0. The Balaban J connectivity index is 3.65. The maximum atomic E-state index is 12.1. The highest BCUT2D eigenvalue weighted by molar-refractivity contribution is 6.62. The number of unbranched alkanes of at least 4 members (excludes halogenated alkanes) is 22. The maximum absolute atomic E-state index is 12.1. The Morgan fingerprint density at radius 3 is 1.06 bits per heavy atom. The molecule has 0 N–H and O–H groups in total. The SMILES string of the molecule is CCCCCCCCC=CCCCCCCCC(=O)OCCN(CCOC(=O)CCCCCCCC=CCCCCCCCC)C(=O)Cl. The minimum absolute atomic E-state index is 0.0885. The second-order valence-electron chi connectivity index (χ2n) is 13.3. The molecule has 0 rings (SSSR count). The van der Waals surface area contributed by atoms with Crippen LogP contribution in [0.1, 0.15) is 194 Å². The number of ether oxygens (including phenoxy) is 2. The number of halogens is 1. The summed E-state index contributed by atoms with van der Waals surface area (Å²) in [6.45, 7) is 5.06. The average molecular weight is 696 g/mol. The van der Waals surface area contributed by atoms with Crippen molar-refractivity contribution in [2.24, 2.45) is 0 Å². The van der Waals surface area contributed by atoms with Crippen molar-refractivity contribution in [2.45, 2.75) is 194 Å². The lowest BCUT2D eigenvalue weighted by molar-refractivity contribution is -0.144. The van der Waals surface area contributed by atoms with Crippen LogP contribution in [-0.2, 0) is 19.1 Å². The summed E-state index contributed by atoms with van der Waals surface area (Å²) in [6.07, 6.45) is 41.7. The zero-order chi connectivity index (χ0) is 35.2. The molecule has 0 atom stereocenters. The highest BCUT2D eigenvalue weighted by Gasteiger charge is 2.13. The van der Waals surface area contributed by atoms with E-state index in [0.717, 1.165) is 51.4 Å². The smallest absolute Gasteiger partial charge is 0.316 e. The van der Waals surface area contributed by atoms with Crippen LogP contribution in [0.3, 0.4) is 0 Å². The molecule has 0 unspecified atom stereocenters. The first-order valence-electron chi connectivity index (χ1n) is 20.1. The van der Waals surface area contributed by atoms with Gasteiger partial charge in [-0.25, -0.2) is 0 Å². The molecule has 0 spiro atoms. The minimum atomic E-state index is -0.642. The van der Waals surface area contributed by atoms with Crippen molar-refractivity contribution in [1.82, 2.24) is 4.90 Å². The molecule has 0 saturated heterocycles. The predicted octanol–water partition coefficient (Wildman–Crippen LogP) is 12.8. The van der Waals surface area contributed by atoms with E-state index in [1.54, 1.807) is 0 Å². The lowest BCUT2D eigenvalue weighted by atomic mass is 10.1. The van der Waals surface area contributed by atoms with Crippen LogP contribution in [0.2, 0.25) is 0 Å². The Morgan fingerprint density at radius 1 is 0.458 bits per heavy atom. The van der Waals surface area contributed by atoms with Gasteiger partial charge in [0.1, 0.15) is 13.2 Å². The van der Waals surface area contributed by atoms with E-state index in [0.29, 0.717) is 12.8 Å². The number of amides is 1. The zero-order valence-corrected chi connectivity index (χ0v) is 32.1. The molecule has 0 aromatic rings. The van der Waals surface area contributed by atoms with Crippen molar-refractivity contribution in [1.29, 1.82) is 0 Å². The van der Waals surface area contributed by atoms with Crippen LogP contribution in [0.25, 0.3) is 0 Å². The number of hydrogen-bond acceptors (Lipinski definition) is 5. The van der Waals surface area contributed by atoms with Gasteiger partial charge in [0.2, 0.25) is 0 Å². The standard InChI is InChI=1S/C41H74ClNO5/c1-3-5-7-9-11-13-15-17-19-21-23-25-27-29-31-33-39(44)47-37-35-43(41(42)46)36-38-48-40(45)34-32-30-28-26-24-22-20-18-16-14-12-10-8-6-4-2/h17-20H,3-16,21-38H2,1-2H3. The summed E-state index contributed by atoms with van der Waals surface area (Å²) in [5, 5.41) is -0.642. The summed E-state index contributed by atoms with van der Waals surface area (Å²) >= 11 is 5.69. The van der Waals surface area contributed by atoms with Crippen LogP contribution in [-0.4, -0.2) is 48.5 Å². The van der Waals surface area contributed by atoms with E-state index in [4.69, 9.17) is 21.1 Å². The second-order valence-corrected chi connectivity index (χ2v) is 13.7. The molecule has 0 heterocycles. The largest absolute Gasteiger partial charge is 0.464 e. The molecule has 0 aromatic carbocycles. The summed E-state index contributed by atoms with van der Waals surface area (Å²) < 4.78 is 10.6.